The van der Waals surface area contributed by atoms with Gasteiger partial charge in [-0.1, -0.05) is 26.0 Å². The second-order valence-electron chi connectivity index (χ2n) is 5.94. The summed E-state index contributed by atoms with van der Waals surface area (Å²) >= 11 is 0. The third-order valence-corrected chi connectivity index (χ3v) is 3.56. The summed E-state index contributed by atoms with van der Waals surface area (Å²) in [5, 5.41) is 2.87. The first-order chi connectivity index (χ1) is 9.95. The maximum absolute atomic E-state index is 12.9. The number of nitrogens with zero attached hydrogens (tertiary/aromatic N) is 1. The van der Waals surface area contributed by atoms with Crippen LogP contribution < -0.4 is 5.32 Å². The summed E-state index contributed by atoms with van der Waals surface area (Å²) in [4.78, 5) is 25.6. The lowest BCUT2D eigenvalue weighted by molar-refractivity contribution is -0.129. The van der Waals surface area contributed by atoms with Gasteiger partial charge in [0.05, 0.1) is 5.92 Å². The van der Waals surface area contributed by atoms with Gasteiger partial charge in [0.2, 0.25) is 11.8 Å². The predicted molar refractivity (Wildman–Crippen MR) is 77.8 cm³/mol. The number of amides is 2. The van der Waals surface area contributed by atoms with Crippen molar-refractivity contribution in [2.24, 2.45) is 11.8 Å². The minimum absolute atomic E-state index is 0.0241. The smallest absolute Gasteiger partial charge is 0.225 e. The number of likely N-dealkylation sites (tertiary alicyclic amines) is 1. The summed E-state index contributed by atoms with van der Waals surface area (Å²) < 4.78 is 12.9. The molecule has 0 radical (unpaired) electrons. The summed E-state index contributed by atoms with van der Waals surface area (Å²) in [6.45, 7) is 5.54. The Morgan fingerprint density at radius 2 is 2.05 bits per heavy atom. The van der Waals surface area contributed by atoms with Gasteiger partial charge in [-0.15, -0.1) is 0 Å². The zero-order valence-corrected chi connectivity index (χ0v) is 12.4. The van der Waals surface area contributed by atoms with E-state index in [-0.39, 0.29) is 30.0 Å². The predicted octanol–water partition coefficient (Wildman–Crippen LogP) is 1.95. The fraction of sp³-hybridized carbons (Fsp3) is 0.500. The first-order valence-electron chi connectivity index (χ1n) is 7.25. The van der Waals surface area contributed by atoms with Crippen molar-refractivity contribution in [1.82, 2.24) is 10.2 Å². The van der Waals surface area contributed by atoms with Crippen LogP contribution in [0.3, 0.4) is 0 Å². The van der Waals surface area contributed by atoms with E-state index >= 15 is 0 Å². The van der Waals surface area contributed by atoms with Crippen LogP contribution in [0.1, 0.15) is 25.8 Å². The molecule has 1 aromatic carbocycles. The van der Waals surface area contributed by atoms with Crippen LogP contribution >= 0.6 is 0 Å². The average molecular weight is 292 g/mol. The van der Waals surface area contributed by atoms with E-state index in [2.05, 4.69) is 5.32 Å². The Bertz CT molecular complexity index is 514. The number of hydrogen-bond acceptors (Lipinski definition) is 2. The van der Waals surface area contributed by atoms with E-state index < -0.39 is 0 Å². The van der Waals surface area contributed by atoms with Gasteiger partial charge < -0.3 is 10.2 Å². The van der Waals surface area contributed by atoms with Gasteiger partial charge >= 0.3 is 0 Å². The molecule has 1 atom stereocenters. The van der Waals surface area contributed by atoms with Crippen molar-refractivity contribution in [3.63, 3.8) is 0 Å². The lowest BCUT2D eigenvalue weighted by Crippen LogP contribution is -2.34. The third-order valence-electron chi connectivity index (χ3n) is 3.56. The van der Waals surface area contributed by atoms with Crippen LogP contribution in [0.25, 0.3) is 0 Å². The van der Waals surface area contributed by atoms with Crippen LogP contribution in [0, 0.1) is 17.7 Å². The number of rotatable bonds is 5. The van der Waals surface area contributed by atoms with E-state index in [0.717, 1.165) is 5.56 Å². The van der Waals surface area contributed by atoms with Gasteiger partial charge in [0.15, 0.2) is 0 Å². The first kappa shape index (κ1) is 15.5. The highest BCUT2D eigenvalue weighted by atomic mass is 19.1. The van der Waals surface area contributed by atoms with Crippen molar-refractivity contribution in [2.75, 3.05) is 13.1 Å². The van der Waals surface area contributed by atoms with Gasteiger partial charge in [-0.25, -0.2) is 4.39 Å². The molecule has 21 heavy (non-hydrogen) atoms. The van der Waals surface area contributed by atoms with Crippen molar-refractivity contribution >= 4 is 11.8 Å². The summed E-state index contributed by atoms with van der Waals surface area (Å²) in [6.07, 6.45) is 0.255. The number of nitrogens with one attached hydrogen (secondary N) is 1. The molecule has 1 saturated heterocycles. The topological polar surface area (TPSA) is 49.4 Å². The van der Waals surface area contributed by atoms with Crippen LogP contribution in [0.2, 0.25) is 0 Å². The Morgan fingerprint density at radius 3 is 2.67 bits per heavy atom. The number of halogens is 1. The Labute approximate surface area is 124 Å². The number of hydrogen-bond donors (Lipinski definition) is 1. The molecule has 2 amide bonds. The molecule has 1 unspecified atom stereocenters. The zero-order valence-electron chi connectivity index (χ0n) is 12.4. The van der Waals surface area contributed by atoms with Gasteiger partial charge in [-0.3, -0.25) is 9.59 Å². The lowest BCUT2D eigenvalue weighted by atomic mass is 10.1. The molecule has 114 valence electrons. The van der Waals surface area contributed by atoms with Crippen molar-refractivity contribution in [3.05, 3.63) is 35.6 Å². The molecule has 0 aliphatic carbocycles. The molecule has 1 N–H and O–H groups in total. The first-order valence-corrected chi connectivity index (χ1v) is 7.25. The Morgan fingerprint density at radius 1 is 1.38 bits per heavy atom. The van der Waals surface area contributed by atoms with Crippen LogP contribution in [0.15, 0.2) is 24.3 Å². The van der Waals surface area contributed by atoms with Crippen LogP contribution in [0.4, 0.5) is 4.39 Å². The average Bonchev–Trinajstić information content (AvgIpc) is 2.80. The van der Waals surface area contributed by atoms with Crippen LogP contribution in [-0.4, -0.2) is 29.8 Å². The molecule has 1 fully saturated rings. The zero-order chi connectivity index (χ0) is 15.4. The molecule has 0 saturated carbocycles. The Kier molecular flexibility index (Phi) is 4.94. The standard InChI is InChI=1S/C16H21FN2O2/c1-11(2)8-18-16(21)13-7-15(20)19(10-13)9-12-3-5-14(17)6-4-12/h3-6,11,13H,7-10H2,1-2H3,(H,18,21). The third kappa shape index (κ3) is 4.28. The van der Waals surface area contributed by atoms with E-state index in [1.807, 2.05) is 13.8 Å². The molecule has 1 heterocycles. The normalized spacial score (nSPS) is 18.4. The maximum atomic E-state index is 12.9. The van der Waals surface area contributed by atoms with Gasteiger partial charge in [0.1, 0.15) is 5.82 Å². The van der Waals surface area contributed by atoms with Gasteiger partial charge in [0.25, 0.3) is 0 Å². The molecule has 0 spiro atoms. The van der Waals surface area contributed by atoms with Gasteiger partial charge in [-0.2, -0.15) is 0 Å². The number of carbonyl (C=O) groups excluding carboxylic acids is 2. The minimum Gasteiger partial charge on any atom is -0.356 e. The van der Waals surface area contributed by atoms with E-state index in [1.165, 1.54) is 12.1 Å². The fourth-order valence-electron chi connectivity index (χ4n) is 2.36. The van der Waals surface area contributed by atoms with Crippen LogP contribution in [0.5, 0.6) is 0 Å². The second kappa shape index (κ2) is 6.70. The molecule has 1 aliphatic heterocycles. The fourth-order valence-corrected chi connectivity index (χ4v) is 2.36. The SMILES string of the molecule is CC(C)CNC(=O)C1CC(=O)N(Cc2ccc(F)cc2)C1. The summed E-state index contributed by atoms with van der Waals surface area (Å²) in [5.41, 5.74) is 0.869. The van der Waals surface area contributed by atoms with Crippen molar-refractivity contribution in [2.45, 2.75) is 26.8 Å². The molecular weight excluding hydrogens is 271 g/mol. The van der Waals surface area contributed by atoms with E-state index in [1.54, 1.807) is 17.0 Å². The summed E-state index contributed by atoms with van der Waals surface area (Å²) in [7, 11) is 0. The molecule has 1 aromatic rings. The van der Waals surface area contributed by atoms with Crippen molar-refractivity contribution in [3.8, 4) is 0 Å². The monoisotopic (exact) mass is 292 g/mol. The molecule has 5 heteroatoms. The molecule has 0 bridgehead atoms. The largest absolute Gasteiger partial charge is 0.356 e. The minimum atomic E-state index is -0.294. The van der Waals surface area contributed by atoms with Crippen LogP contribution in [-0.2, 0) is 16.1 Å². The Hall–Kier alpha value is -1.91. The second-order valence-corrected chi connectivity index (χ2v) is 5.94. The number of carbonyl (C=O) groups is 2. The molecule has 2 rings (SSSR count). The summed E-state index contributed by atoms with van der Waals surface area (Å²) in [6, 6.07) is 6.08. The highest BCUT2D eigenvalue weighted by molar-refractivity contribution is 5.89. The van der Waals surface area contributed by atoms with E-state index in [9.17, 15) is 14.0 Å². The molecule has 1 aliphatic rings. The van der Waals surface area contributed by atoms with Crippen molar-refractivity contribution < 1.29 is 14.0 Å². The van der Waals surface area contributed by atoms with Gasteiger partial charge in [-0.05, 0) is 23.6 Å². The highest BCUT2D eigenvalue weighted by Gasteiger charge is 2.34. The molecular formula is C16H21FN2O2. The lowest BCUT2D eigenvalue weighted by Gasteiger charge is -2.17. The van der Waals surface area contributed by atoms with Gasteiger partial charge in [0, 0.05) is 26.1 Å². The van der Waals surface area contributed by atoms with Crippen molar-refractivity contribution in [1.29, 1.82) is 0 Å². The maximum Gasteiger partial charge on any atom is 0.225 e. The van der Waals surface area contributed by atoms with E-state index in [4.69, 9.17) is 0 Å². The number of benzene rings is 1. The Balaban J connectivity index is 1.90. The molecule has 4 nitrogen and oxygen atoms in total. The molecule has 0 aromatic heterocycles. The highest BCUT2D eigenvalue weighted by Crippen LogP contribution is 2.20. The summed E-state index contributed by atoms with van der Waals surface area (Å²) in [5.74, 6) is -0.266. The quantitative estimate of drug-likeness (QED) is 0.901. The van der Waals surface area contributed by atoms with E-state index in [0.29, 0.717) is 25.6 Å².